The fourth-order valence-corrected chi connectivity index (χ4v) is 2.36. The van der Waals surface area contributed by atoms with Crippen molar-refractivity contribution in [3.63, 3.8) is 0 Å². The number of anilines is 2. The van der Waals surface area contributed by atoms with Gasteiger partial charge in [-0.1, -0.05) is 20.3 Å². The van der Waals surface area contributed by atoms with E-state index in [0.29, 0.717) is 18.2 Å². The highest BCUT2D eigenvalue weighted by Gasteiger charge is 2.12. The molecule has 0 unspecified atom stereocenters. The predicted octanol–water partition coefficient (Wildman–Crippen LogP) is 2.82. The third-order valence-electron chi connectivity index (χ3n) is 3.64. The van der Waals surface area contributed by atoms with E-state index in [9.17, 15) is 0 Å². The zero-order chi connectivity index (χ0) is 17.4. The largest absolute Gasteiger partial charge is 0.496 e. The summed E-state index contributed by atoms with van der Waals surface area (Å²) in [4.78, 5) is 12.6. The monoisotopic (exact) mass is 331 g/mol. The summed E-state index contributed by atoms with van der Waals surface area (Å²) in [6, 6.07) is 1.85. The number of hydrogen-bond acceptors (Lipinski definition) is 7. The van der Waals surface area contributed by atoms with E-state index in [4.69, 9.17) is 15.2 Å². The molecule has 24 heavy (non-hydrogen) atoms. The lowest BCUT2D eigenvalue weighted by atomic mass is 10.1. The molecule has 0 atom stereocenters. The molecule has 2 heterocycles. The number of ether oxygens (including phenoxy) is 2. The van der Waals surface area contributed by atoms with Crippen LogP contribution in [0.5, 0.6) is 11.5 Å². The van der Waals surface area contributed by atoms with Gasteiger partial charge >= 0.3 is 0 Å². The fourth-order valence-electron chi connectivity index (χ4n) is 2.36. The first kappa shape index (κ1) is 17.8. The number of rotatable bonds is 9. The van der Waals surface area contributed by atoms with Crippen LogP contribution in [0.15, 0.2) is 18.5 Å². The Morgan fingerprint density at radius 2 is 2.04 bits per heavy atom. The lowest BCUT2D eigenvalue weighted by Crippen LogP contribution is -2.10. The van der Waals surface area contributed by atoms with Gasteiger partial charge in [-0.05, 0) is 18.9 Å². The van der Waals surface area contributed by atoms with Crippen molar-refractivity contribution < 1.29 is 9.47 Å². The maximum absolute atomic E-state index is 5.89. The average molecular weight is 331 g/mol. The van der Waals surface area contributed by atoms with Gasteiger partial charge in [-0.2, -0.15) is 4.98 Å². The number of nitrogen functional groups attached to an aromatic ring is 1. The Morgan fingerprint density at radius 1 is 1.21 bits per heavy atom. The van der Waals surface area contributed by atoms with E-state index >= 15 is 0 Å². The molecule has 2 aromatic rings. The van der Waals surface area contributed by atoms with E-state index in [1.807, 2.05) is 6.07 Å². The van der Waals surface area contributed by atoms with Crippen molar-refractivity contribution in [2.24, 2.45) is 0 Å². The van der Waals surface area contributed by atoms with Crippen molar-refractivity contribution in [1.82, 2.24) is 15.0 Å². The Morgan fingerprint density at radius 3 is 2.75 bits per heavy atom. The quantitative estimate of drug-likeness (QED) is 0.682. The number of hydrogen-bond donors (Lipinski definition) is 2. The van der Waals surface area contributed by atoms with Crippen LogP contribution in [0.2, 0.25) is 0 Å². The number of aromatic nitrogens is 3. The van der Waals surface area contributed by atoms with Gasteiger partial charge in [0, 0.05) is 18.3 Å². The molecule has 0 saturated heterocycles. The Bertz CT molecular complexity index is 663. The minimum Gasteiger partial charge on any atom is -0.496 e. The van der Waals surface area contributed by atoms with Crippen molar-refractivity contribution in [1.29, 1.82) is 0 Å². The van der Waals surface area contributed by atoms with Crippen LogP contribution in [0.25, 0.3) is 0 Å². The molecular formula is C17H25N5O2. The lowest BCUT2D eigenvalue weighted by molar-refractivity contribution is 0.297. The molecule has 0 aromatic carbocycles. The summed E-state index contributed by atoms with van der Waals surface area (Å²) in [7, 11) is 1.66. The highest BCUT2D eigenvalue weighted by molar-refractivity contribution is 5.51. The molecule has 0 spiro atoms. The average Bonchev–Trinajstić information content (AvgIpc) is 2.60. The van der Waals surface area contributed by atoms with E-state index in [1.165, 1.54) is 0 Å². The third-order valence-corrected chi connectivity index (χ3v) is 3.64. The SMILES string of the molecule is CCCCNc1nc(N)ncc1OCc1nccc(OC)c1CC. The number of unbranched alkanes of at least 4 members (excludes halogenated alkanes) is 1. The van der Waals surface area contributed by atoms with Gasteiger partial charge in [0.25, 0.3) is 0 Å². The van der Waals surface area contributed by atoms with Gasteiger partial charge in [0.05, 0.1) is 19.0 Å². The van der Waals surface area contributed by atoms with E-state index in [-0.39, 0.29) is 5.95 Å². The number of nitrogens with one attached hydrogen (secondary N) is 1. The van der Waals surface area contributed by atoms with Gasteiger partial charge in [0.15, 0.2) is 11.6 Å². The molecule has 0 saturated carbocycles. The lowest BCUT2D eigenvalue weighted by Gasteiger charge is -2.14. The first-order chi connectivity index (χ1) is 11.7. The Hall–Kier alpha value is -2.57. The van der Waals surface area contributed by atoms with Crippen LogP contribution in [-0.4, -0.2) is 28.6 Å². The molecule has 2 aromatic heterocycles. The molecule has 0 amide bonds. The number of nitrogens with two attached hydrogens (primary N) is 1. The van der Waals surface area contributed by atoms with Gasteiger partial charge in [-0.3, -0.25) is 4.98 Å². The molecule has 7 nitrogen and oxygen atoms in total. The molecule has 2 rings (SSSR count). The van der Waals surface area contributed by atoms with Crippen LogP contribution >= 0.6 is 0 Å². The first-order valence-corrected chi connectivity index (χ1v) is 8.19. The summed E-state index contributed by atoms with van der Waals surface area (Å²) in [5.74, 6) is 2.21. The maximum Gasteiger partial charge on any atom is 0.222 e. The third kappa shape index (κ3) is 4.47. The van der Waals surface area contributed by atoms with E-state index in [1.54, 1.807) is 19.5 Å². The van der Waals surface area contributed by atoms with Crippen LogP contribution in [-0.2, 0) is 13.0 Å². The molecule has 0 aliphatic heterocycles. The van der Waals surface area contributed by atoms with Crippen molar-refractivity contribution >= 4 is 11.8 Å². The summed E-state index contributed by atoms with van der Waals surface area (Å²) < 4.78 is 11.3. The minimum absolute atomic E-state index is 0.218. The molecule has 0 aliphatic carbocycles. The normalized spacial score (nSPS) is 10.5. The molecule has 0 radical (unpaired) electrons. The van der Waals surface area contributed by atoms with E-state index < -0.39 is 0 Å². The van der Waals surface area contributed by atoms with Crippen LogP contribution in [0.1, 0.15) is 37.9 Å². The number of pyridine rings is 1. The molecule has 3 N–H and O–H groups in total. The van der Waals surface area contributed by atoms with E-state index in [0.717, 1.165) is 42.8 Å². The number of methoxy groups -OCH3 is 1. The van der Waals surface area contributed by atoms with Gasteiger partial charge in [-0.15, -0.1) is 0 Å². The minimum atomic E-state index is 0.218. The van der Waals surface area contributed by atoms with Crippen molar-refractivity contribution in [2.75, 3.05) is 24.7 Å². The summed E-state index contributed by atoms with van der Waals surface area (Å²) in [6.45, 7) is 5.32. The molecular weight excluding hydrogens is 306 g/mol. The van der Waals surface area contributed by atoms with Crippen molar-refractivity contribution in [2.45, 2.75) is 39.7 Å². The summed E-state index contributed by atoms with van der Waals surface area (Å²) >= 11 is 0. The molecule has 0 aliphatic rings. The van der Waals surface area contributed by atoms with Gasteiger partial charge in [0.2, 0.25) is 5.95 Å². The highest BCUT2D eigenvalue weighted by atomic mass is 16.5. The second-order valence-electron chi connectivity index (χ2n) is 5.30. The Labute approximate surface area is 142 Å². The Balaban J connectivity index is 2.14. The van der Waals surface area contributed by atoms with E-state index in [2.05, 4.69) is 34.1 Å². The zero-order valence-electron chi connectivity index (χ0n) is 14.5. The standard InChI is InChI=1S/C17H25N5O2/c1-4-6-8-20-16-15(10-21-17(18)22-16)24-11-13-12(5-2)14(23-3)7-9-19-13/h7,9-10H,4-6,8,11H2,1-3H3,(H3,18,20,21,22). The van der Waals surface area contributed by atoms with Crippen molar-refractivity contribution in [3.05, 3.63) is 29.7 Å². The number of nitrogens with zero attached hydrogens (tertiary/aromatic N) is 3. The fraction of sp³-hybridized carbons (Fsp3) is 0.471. The van der Waals surface area contributed by atoms with Gasteiger partial charge in [0.1, 0.15) is 12.4 Å². The molecule has 130 valence electrons. The molecule has 0 bridgehead atoms. The van der Waals surface area contributed by atoms with Crippen LogP contribution in [0, 0.1) is 0 Å². The summed E-state index contributed by atoms with van der Waals surface area (Å²) in [5, 5.41) is 3.24. The summed E-state index contributed by atoms with van der Waals surface area (Å²) in [5.41, 5.74) is 7.56. The van der Waals surface area contributed by atoms with Gasteiger partial charge in [-0.25, -0.2) is 4.98 Å². The highest BCUT2D eigenvalue weighted by Crippen LogP contribution is 2.25. The topological polar surface area (TPSA) is 95.2 Å². The van der Waals surface area contributed by atoms with Crippen LogP contribution < -0.4 is 20.5 Å². The zero-order valence-corrected chi connectivity index (χ0v) is 14.5. The van der Waals surface area contributed by atoms with Crippen LogP contribution in [0.3, 0.4) is 0 Å². The van der Waals surface area contributed by atoms with Gasteiger partial charge < -0.3 is 20.5 Å². The smallest absolute Gasteiger partial charge is 0.222 e. The first-order valence-electron chi connectivity index (χ1n) is 8.19. The maximum atomic E-state index is 5.89. The molecule has 7 heteroatoms. The predicted molar refractivity (Wildman–Crippen MR) is 94.3 cm³/mol. The second-order valence-corrected chi connectivity index (χ2v) is 5.30. The van der Waals surface area contributed by atoms with Crippen LogP contribution in [0.4, 0.5) is 11.8 Å². The van der Waals surface area contributed by atoms with Crippen molar-refractivity contribution in [3.8, 4) is 11.5 Å². The Kier molecular flexibility index (Phi) is 6.60. The molecule has 0 fully saturated rings. The second kappa shape index (κ2) is 8.90. The summed E-state index contributed by atoms with van der Waals surface area (Å²) in [6.07, 6.45) is 6.26.